The van der Waals surface area contributed by atoms with Gasteiger partial charge in [-0.15, -0.1) is 0 Å². The predicted molar refractivity (Wildman–Crippen MR) is 91.7 cm³/mol. The summed E-state index contributed by atoms with van der Waals surface area (Å²) < 4.78 is 3.53. The lowest BCUT2D eigenvalue weighted by Gasteiger charge is -2.26. The summed E-state index contributed by atoms with van der Waals surface area (Å²) in [6.45, 7) is 0. The van der Waals surface area contributed by atoms with Crippen molar-refractivity contribution >= 4 is 46.4 Å². The van der Waals surface area contributed by atoms with Gasteiger partial charge in [0.1, 0.15) is 5.75 Å². The molecule has 0 bridgehead atoms. The van der Waals surface area contributed by atoms with E-state index in [2.05, 4.69) is 5.32 Å². The number of nitrogens with zero attached hydrogens (tertiary/aromatic N) is 1. The smallest absolute Gasteiger partial charge is 0.270 e. The number of alkyl halides is 3. The fourth-order valence-corrected chi connectivity index (χ4v) is 2.07. The summed E-state index contributed by atoms with van der Waals surface area (Å²) >= 11 is 17.5. The molecule has 0 aromatic heterocycles. The summed E-state index contributed by atoms with van der Waals surface area (Å²) in [6, 6.07) is 13.6. The maximum atomic E-state index is 12.3. The van der Waals surface area contributed by atoms with Gasteiger partial charge in [-0.2, -0.15) is 0 Å². The normalized spacial score (nSPS) is 12.3. The van der Waals surface area contributed by atoms with Crippen molar-refractivity contribution in [3.05, 3.63) is 70.3 Å². The number of carbonyl (C=O) groups is 1. The van der Waals surface area contributed by atoms with Gasteiger partial charge in [-0.3, -0.25) is 14.9 Å². The van der Waals surface area contributed by atoms with Crippen LogP contribution in [-0.2, 0) is 0 Å². The van der Waals surface area contributed by atoms with Crippen LogP contribution in [0.15, 0.2) is 54.6 Å². The zero-order valence-corrected chi connectivity index (χ0v) is 14.3. The summed E-state index contributed by atoms with van der Waals surface area (Å²) in [5.41, 5.74) is -0.183. The molecule has 2 aromatic carbocycles. The number of ether oxygens (including phenoxy) is 1. The average molecular weight is 390 g/mol. The van der Waals surface area contributed by atoms with Gasteiger partial charge in [0.15, 0.2) is 0 Å². The minimum absolute atomic E-state index is 0.0418. The highest BCUT2D eigenvalue weighted by Gasteiger charge is 2.36. The van der Waals surface area contributed by atoms with E-state index >= 15 is 0 Å². The summed E-state index contributed by atoms with van der Waals surface area (Å²) in [7, 11) is 0. The van der Waals surface area contributed by atoms with Gasteiger partial charge in [0.2, 0.25) is 10.0 Å². The molecule has 0 unspecified atom stereocenters. The number of non-ortho nitro benzene ring substituents is 1. The molecule has 0 radical (unpaired) electrons. The third kappa shape index (κ3) is 4.99. The Balaban J connectivity index is 2.18. The van der Waals surface area contributed by atoms with Gasteiger partial charge in [0, 0.05) is 17.7 Å². The number of hydrogen-bond donors (Lipinski definition) is 1. The van der Waals surface area contributed by atoms with E-state index in [1.165, 1.54) is 18.2 Å². The summed E-state index contributed by atoms with van der Waals surface area (Å²) in [5, 5.41) is 13.2. The van der Waals surface area contributed by atoms with Crippen molar-refractivity contribution in [2.45, 2.75) is 10.0 Å². The second-order valence-corrected chi connectivity index (χ2v) is 7.00. The molecule has 0 fully saturated rings. The van der Waals surface area contributed by atoms with E-state index < -0.39 is 20.9 Å². The molecule has 0 spiro atoms. The van der Waals surface area contributed by atoms with Crippen molar-refractivity contribution in [2.24, 2.45) is 0 Å². The SMILES string of the molecule is O=C(N[C@@H](Oc1ccccc1)C(Cl)(Cl)Cl)c1cccc([N+](=O)[O-])c1. The highest BCUT2D eigenvalue weighted by molar-refractivity contribution is 6.68. The van der Waals surface area contributed by atoms with E-state index in [1.54, 1.807) is 30.3 Å². The number of amides is 1. The van der Waals surface area contributed by atoms with Crippen molar-refractivity contribution in [2.75, 3.05) is 0 Å². The zero-order valence-electron chi connectivity index (χ0n) is 12.0. The molecule has 0 aliphatic rings. The number of hydrogen-bond acceptors (Lipinski definition) is 4. The molecule has 0 heterocycles. The Labute approximate surface area is 152 Å². The van der Waals surface area contributed by atoms with Gasteiger partial charge in [0.05, 0.1) is 4.92 Å². The van der Waals surface area contributed by atoms with Gasteiger partial charge >= 0.3 is 0 Å². The second-order valence-electron chi connectivity index (χ2n) is 4.63. The third-order valence-electron chi connectivity index (χ3n) is 2.88. The summed E-state index contributed by atoms with van der Waals surface area (Å²) in [6.07, 6.45) is -1.29. The Morgan fingerprint density at radius 1 is 1.12 bits per heavy atom. The average Bonchev–Trinajstić information content (AvgIpc) is 2.54. The molecule has 9 heteroatoms. The molecule has 1 atom stereocenters. The number of benzene rings is 2. The molecule has 126 valence electrons. The standard InChI is InChI=1S/C15H11Cl3N2O4/c16-15(17,18)14(24-12-7-2-1-3-8-12)19-13(21)10-5-4-6-11(9-10)20(22)23/h1-9,14H,(H,19,21)/t14-/m0/s1. The molecule has 24 heavy (non-hydrogen) atoms. The molecule has 2 rings (SSSR count). The van der Waals surface area contributed by atoms with E-state index in [0.29, 0.717) is 5.75 Å². The van der Waals surface area contributed by atoms with Crippen LogP contribution in [0, 0.1) is 10.1 Å². The predicted octanol–water partition coefficient (Wildman–Crippen LogP) is 4.10. The molecular weight excluding hydrogens is 379 g/mol. The maximum absolute atomic E-state index is 12.3. The lowest BCUT2D eigenvalue weighted by atomic mass is 10.2. The number of nitro benzene ring substituents is 1. The first-order valence-corrected chi connectivity index (χ1v) is 7.74. The number of carbonyl (C=O) groups excluding carboxylic acids is 1. The van der Waals surface area contributed by atoms with Crippen LogP contribution in [-0.4, -0.2) is 20.9 Å². The number of nitrogens with one attached hydrogen (secondary N) is 1. The monoisotopic (exact) mass is 388 g/mol. The van der Waals surface area contributed by atoms with Crippen molar-refractivity contribution in [3.8, 4) is 5.75 Å². The lowest BCUT2D eigenvalue weighted by Crippen LogP contribution is -2.47. The fourth-order valence-electron chi connectivity index (χ4n) is 1.78. The van der Waals surface area contributed by atoms with Gasteiger partial charge < -0.3 is 10.1 Å². The van der Waals surface area contributed by atoms with Crippen LogP contribution in [0.25, 0.3) is 0 Å². The first kappa shape index (κ1) is 18.3. The fraction of sp³-hybridized carbons (Fsp3) is 0.133. The second kappa shape index (κ2) is 7.70. The van der Waals surface area contributed by atoms with Crippen LogP contribution in [0.4, 0.5) is 5.69 Å². The Morgan fingerprint density at radius 3 is 2.38 bits per heavy atom. The Hall–Kier alpha value is -2.02. The van der Waals surface area contributed by atoms with Gasteiger partial charge in [-0.05, 0) is 18.2 Å². The van der Waals surface area contributed by atoms with Crippen molar-refractivity contribution in [1.82, 2.24) is 5.32 Å². The number of rotatable bonds is 5. The third-order valence-corrected chi connectivity index (χ3v) is 3.47. The molecule has 0 saturated carbocycles. The van der Waals surface area contributed by atoms with Crippen LogP contribution in [0.5, 0.6) is 5.75 Å². The van der Waals surface area contributed by atoms with E-state index in [9.17, 15) is 14.9 Å². The van der Waals surface area contributed by atoms with E-state index in [4.69, 9.17) is 39.5 Å². The van der Waals surface area contributed by atoms with Crippen molar-refractivity contribution in [1.29, 1.82) is 0 Å². The Kier molecular flexibility index (Phi) is 5.88. The number of halogens is 3. The van der Waals surface area contributed by atoms with Gasteiger partial charge in [0.25, 0.3) is 11.6 Å². The number of para-hydroxylation sites is 1. The summed E-state index contributed by atoms with van der Waals surface area (Å²) in [4.78, 5) is 22.5. The minimum Gasteiger partial charge on any atom is -0.466 e. The largest absolute Gasteiger partial charge is 0.466 e. The van der Waals surface area contributed by atoms with Crippen LogP contribution < -0.4 is 10.1 Å². The van der Waals surface area contributed by atoms with E-state index in [1.807, 2.05) is 0 Å². The maximum Gasteiger partial charge on any atom is 0.270 e. The van der Waals surface area contributed by atoms with Crippen LogP contribution in [0.3, 0.4) is 0 Å². The molecule has 0 aliphatic carbocycles. The molecule has 1 N–H and O–H groups in total. The van der Waals surface area contributed by atoms with Crippen LogP contribution in [0.2, 0.25) is 0 Å². The molecule has 0 saturated heterocycles. The topological polar surface area (TPSA) is 81.5 Å². The minimum atomic E-state index is -1.95. The van der Waals surface area contributed by atoms with Gasteiger partial charge in [-0.1, -0.05) is 59.1 Å². The van der Waals surface area contributed by atoms with E-state index in [-0.39, 0.29) is 11.3 Å². The lowest BCUT2D eigenvalue weighted by molar-refractivity contribution is -0.384. The first-order chi connectivity index (χ1) is 11.3. The quantitative estimate of drug-likeness (QED) is 0.361. The first-order valence-electron chi connectivity index (χ1n) is 6.61. The highest BCUT2D eigenvalue weighted by atomic mass is 35.6. The Morgan fingerprint density at radius 2 is 1.79 bits per heavy atom. The van der Waals surface area contributed by atoms with Crippen molar-refractivity contribution < 1.29 is 14.5 Å². The highest BCUT2D eigenvalue weighted by Crippen LogP contribution is 2.32. The van der Waals surface area contributed by atoms with Crippen molar-refractivity contribution in [3.63, 3.8) is 0 Å². The van der Waals surface area contributed by atoms with Crippen LogP contribution in [0.1, 0.15) is 10.4 Å². The summed E-state index contributed by atoms with van der Waals surface area (Å²) in [5.74, 6) is -0.292. The molecule has 6 nitrogen and oxygen atoms in total. The molecule has 2 aromatic rings. The molecule has 0 aliphatic heterocycles. The number of nitro groups is 1. The van der Waals surface area contributed by atoms with Gasteiger partial charge in [-0.25, -0.2) is 0 Å². The molecular formula is C15H11Cl3N2O4. The zero-order chi connectivity index (χ0) is 17.7. The van der Waals surface area contributed by atoms with Crippen LogP contribution >= 0.6 is 34.8 Å². The molecule has 1 amide bonds. The Bertz CT molecular complexity index is 735. The van der Waals surface area contributed by atoms with E-state index in [0.717, 1.165) is 6.07 Å².